The highest BCUT2D eigenvalue weighted by Crippen LogP contribution is 2.54. The van der Waals surface area contributed by atoms with Crippen LogP contribution in [0.3, 0.4) is 0 Å². The molecule has 1 aromatic carbocycles. The summed E-state index contributed by atoms with van der Waals surface area (Å²) in [6.07, 6.45) is 5.53. The highest BCUT2D eigenvalue weighted by Gasteiger charge is 2.45. The number of benzene rings is 1. The number of sulfonamides is 1. The smallest absolute Gasteiger partial charge is 0.258 e. The third-order valence-corrected chi connectivity index (χ3v) is 10.5. The van der Waals surface area contributed by atoms with E-state index in [1.165, 1.54) is 12.8 Å². The molecule has 0 radical (unpaired) electrons. The Morgan fingerprint density at radius 2 is 1.62 bits per heavy atom. The summed E-state index contributed by atoms with van der Waals surface area (Å²) in [5.41, 5.74) is 2.91. The maximum absolute atomic E-state index is 13.7. The number of hydrogen-bond acceptors (Lipinski definition) is 6. The van der Waals surface area contributed by atoms with Gasteiger partial charge in [-0.2, -0.15) is 0 Å². The molecule has 2 aliphatic carbocycles. The molecule has 2 aromatic rings. The molecule has 2 saturated heterocycles. The van der Waals surface area contributed by atoms with Gasteiger partial charge in [0.1, 0.15) is 11.6 Å². The van der Waals surface area contributed by atoms with Gasteiger partial charge in [0, 0.05) is 39.0 Å². The standard InChI is InChI=1S/C28H35F2N5O3S/c1-19-16-24(31-25(17-19)35-14-10-28(29,30)11-15-35)32-26(36)22-5-2-20(33-39(37,38)21-3-4-21)18-23(22)34-12-8-27(6-7-27)9-13-34/h2,5,16-18,21,33H,3-4,6-15H2,1H3,(H,31,32,36). The number of piperidine rings is 2. The van der Waals surface area contributed by atoms with E-state index in [0.717, 1.165) is 31.5 Å². The number of halogens is 2. The van der Waals surface area contributed by atoms with Crippen molar-refractivity contribution in [2.24, 2.45) is 5.41 Å². The van der Waals surface area contributed by atoms with Gasteiger partial charge in [0.2, 0.25) is 10.0 Å². The van der Waals surface area contributed by atoms with E-state index in [9.17, 15) is 22.0 Å². The summed E-state index contributed by atoms with van der Waals surface area (Å²) in [4.78, 5) is 22.2. The lowest BCUT2D eigenvalue weighted by Gasteiger charge is -2.35. The molecule has 0 atom stereocenters. The number of nitrogens with zero attached hydrogens (tertiary/aromatic N) is 3. The average molecular weight is 560 g/mol. The lowest BCUT2D eigenvalue weighted by molar-refractivity contribution is -0.0221. The summed E-state index contributed by atoms with van der Waals surface area (Å²) in [6.45, 7) is 3.91. The molecule has 2 saturated carbocycles. The van der Waals surface area contributed by atoms with Crippen molar-refractivity contribution in [3.63, 3.8) is 0 Å². The second-order valence-corrected chi connectivity index (χ2v) is 13.7. The number of amides is 1. The van der Waals surface area contributed by atoms with Gasteiger partial charge in [0.25, 0.3) is 11.8 Å². The third-order valence-electron chi connectivity index (χ3n) is 8.60. The van der Waals surface area contributed by atoms with E-state index in [4.69, 9.17) is 0 Å². The van der Waals surface area contributed by atoms with Crippen molar-refractivity contribution in [1.82, 2.24) is 4.98 Å². The minimum atomic E-state index is -3.44. The van der Waals surface area contributed by atoms with Crippen molar-refractivity contribution in [2.45, 2.75) is 69.5 Å². The van der Waals surface area contributed by atoms with E-state index in [-0.39, 0.29) is 37.1 Å². The number of carbonyl (C=O) groups is 1. The van der Waals surface area contributed by atoms with Gasteiger partial charge >= 0.3 is 0 Å². The summed E-state index contributed by atoms with van der Waals surface area (Å²) < 4.78 is 55.2. The van der Waals surface area contributed by atoms with Crippen LogP contribution in [0.4, 0.5) is 31.8 Å². The molecule has 4 fully saturated rings. The number of aryl methyl sites for hydroxylation is 1. The fourth-order valence-electron chi connectivity index (χ4n) is 5.70. The fourth-order valence-corrected chi connectivity index (χ4v) is 7.07. The Morgan fingerprint density at radius 1 is 0.949 bits per heavy atom. The number of anilines is 4. The van der Waals surface area contributed by atoms with E-state index < -0.39 is 15.9 Å². The van der Waals surface area contributed by atoms with Crippen LogP contribution >= 0.6 is 0 Å². The topological polar surface area (TPSA) is 94.6 Å². The van der Waals surface area contributed by atoms with Crippen molar-refractivity contribution >= 4 is 38.9 Å². The van der Waals surface area contributed by atoms with Crippen LogP contribution in [0.2, 0.25) is 0 Å². The maximum atomic E-state index is 13.7. The molecule has 2 N–H and O–H groups in total. The molecule has 11 heteroatoms. The Morgan fingerprint density at radius 3 is 2.26 bits per heavy atom. The molecule has 1 spiro atoms. The van der Waals surface area contributed by atoms with E-state index >= 15 is 0 Å². The van der Waals surface area contributed by atoms with Gasteiger partial charge in [0.15, 0.2) is 0 Å². The predicted octanol–water partition coefficient (Wildman–Crippen LogP) is 5.16. The van der Waals surface area contributed by atoms with Crippen molar-refractivity contribution in [3.8, 4) is 0 Å². The summed E-state index contributed by atoms with van der Waals surface area (Å²) in [7, 11) is -3.44. The van der Waals surface area contributed by atoms with Gasteiger partial charge < -0.3 is 15.1 Å². The average Bonchev–Trinajstić information content (AvgIpc) is 3.80. The lowest BCUT2D eigenvalue weighted by atomic mass is 9.93. The molecule has 0 bridgehead atoms. The second-order valence-electron chi connectivity index (χ2n) is 11.8. The zero-order valence-electron chi connectivity index (χ0n) is 22.2. The van der Waals surface area contributed by atoms with E-state index in [2.05, 4.69) is 19.9 Å². The molecule has 1 aromatic heterocycles. The van der Waals surface area contributed by atoms with Crippen LogP contribution in [-0.2, 0) is 10.0 Å². The molecule has 39 heavy (non-hydrogen) atoms. The Kier molecular flexibility index (Phi) is 6.47. The van der Waals surface area contributed by atoms with Crippen molar-refractivity contribution in [1.29, 1.82) is 0 Å². The summed E-state index contributed by atoms with van der Waals surface area (Å²) in [5.74, 6) is -2.08. The minimum absolute atomic E-state index is 0.204. The van der Waals surface area contributed by atoms with Crippen LogP contribution in [0.1, 0.15) is 67.3 Å². The molecular formula is C28H35F2N5O3S. The first kappa shape index (κ1) is 26.3. The van der Waals surface area contributed by atoms with Gasteiger partial charge in [0.05, 0.1) is 22.2 Å². The first-order chi connectivity index (χ1) is 18.5. The first-order valence-corrected chi connectivity index (χ1v) is 15.4. The SMILES string of the molecule is Cc1cc(NC(=O)c2ccc(NS(=O)(=O)C3CC3)cc2N2CCC3(CC2)CC3)nc(N2CCC(F)(F)CC2)c1. The zero-order valence-corrected chi connectivity index (χ0v) is 23.0. The maximum Gasteiger partial charge on any atom is 0.258 e. The number of pyridine rings is 1. The monoisotopic (exact) mass is 559 g/mol. The Labute approximate surface area is 228 Å². The van der Waals surface area contributed by atoms with Crippen molar-refractivity contribution in [3.05, 3.63) is 41.5 Å². The van der Waals surface area contributed by atoms with Gasteiger partial charge in [-0.15, -0.1) is 0 Å². The Hall–Kier alpha value is -2.95. The number of nitrogens with one attached hydrogen (secondary N) is 2. The largest absolute Gasteiger partial charge is 0.371 e. The molecule has 0 unspecified atom stereocenters. The predicted molar refractivity (Wildman–Crippen MR) is 148 cm³/mol. The fraction of sp³-hybridized carbons (Fsp3) is 0.571. The quantitative estimate of drug-likeness (QED) is 0.487. The number of alkyl halides is 2. The van der Waals surface area contributed by atoms with Crippen LogP contribution in [-0.4, -0.2) is 56.7 Å². The molecule has 210 valence electrons. The third kappa shape index (κ3) is 5.83. The van der Waals surface area contributed by atoms with Gasteiger partial charge in [-0.05, 0) is 86.8 Å². The summed E-state index contributed by atoms with van der Waals surface area (Å²) >= 11 is 0. The Balaban J connectivity index is 1.24. The Bertz CT molecular complexity index is 1370. The molecular weight excluding hydrogens is 524 g/mol. The van der Waals surface area contributed by atoms with E-state index in [0.29, 0.717) is 46.8 Å². The van der Waals surface area contributed by atoms with Crippen LogP contribution < -0.4 is 19.8 Å². The number of carbonyl (C=O) groups excluding carboxylic acids is 1. The summed E-state index contributed by atoms with van der Waals surface area (Å²) in [6, 6.07) is 8.67. The van der Waals surface area contributed by atoms with Crippen molar-refractivity contribution < 1.29 is 22.0 Å². The highest BCUT2D eigenvalue weighted by atomic mass is 32.2. The van der Waals surface area contributed by atoms with E-state index in [1.807, 2.05) is 17.9 Å². The van der Waals surface area contributed by atoms with Crippen LogP contribution in [0.5, 0.6) is 0 Å². The van der Waals surface area contributed by atoms with Gasteiger partial charge in [-0.1, -0.05) is 0 Å². The minimum Gasteiger partial charge on any atom is -0.371 e. The highest BCUT2D eigenvalue weighted by molar-refractivity contribution is 7.93. The molecule has 2 aliphatic heterocycles. The molecule has 6 rings (SSSR count). The van der Waals surface area contributed by atoms with E-state index in [1.54, 1.807) is 24.3 Å². The van der Waals surface area contributed by atoms with Crippen LogP contribution in [0.15, 0.2) is 30.3 Å². The van der Waals surface area contributed by atoms with Crippen LogP contribution in [0.25, 0.3) is 0 Å². The molecule has 4 aliphatic rings. The number of rotatable bonds is 7. The van der Waals surface area contributed by atoms with Crippen LogP contribution in [0, 0.1) is 12.3 Å². The molecule has 1 amide bonds. The molecule has 8 nitrogen and oxygen atoms in total. The number of aromatic nitrogens is 1. The second kappa shape index (κ2) is 9.60. The lowest BCUT2D eigenvalue weighted by Crippen LogP contribution is -2.39. The number of hydrogen-bond donors (Lipinski definition) is 2. The molecule has 3 heterocycles. The van der Waals surface area contributed by atoms with Gasteiger partial charge in [-0.3, -0.25) is 9.52 Å². The zero-order chi connectivity index (χ0) is 27.4. The van der Waals surface area contributed by atoms with Gasteiger partial charge in [-0.25, -0.2) is 22.2 Å². The van der Waals surface area contributed by atoms with Crippen molar-refractivity contribution in [2.75, 3.05) is 46.0 Å². The summed E-state index contributed by atoms with van der Waals surface area (Å²) in [5, 5.41) is 2.56. The first-order valence-electron chi connectivity index (χ1n) is 13.8. The normalized spacial score (nSPS) is 22.0.